The maximum absolute atomic E-state index is 11.8. The first-order chi connectivity index (χ1) is 12.5. The Morgan fingerprint density at radius 1 is 1.42 bits per heavy atom. The minimum absolute atomic E-state index is 0.322. The Hall–Kier alpha value is -1.89. The van der Waals surface area contributed by atoms with Gasteiger partial charge in [-0.15, -0.1) is 0 Å². The molecule has 2 heterocycles. The summed E-state index contributed by atoms with van der Waals surface area (Å²) in [4.78, 5) is 16.1. The van der Waals surface area contributed by atoms with Crippen molar-refractivity contribution in [1.29, 1.82) is 0 Å². The lowest BCUT2D eigenvalue weighted by atomic mass is 9.74. The number of aliphatic hydroxyl groups is 1. The average Bonchev–Trinajstić information content (AvgIpc) is 2.66. The number of hydrogen-bond acceptors (Lipinski definition) is 5. The van der Waals surface area contributed by atoms with Crippen LogP contribution < -0.4 is 10.1 Å². The lowest BCUT2D eigenvalue weighted by Gasteiger charge is -2.34. The predicted octanol–water partition coefficient (Wildman–Crippen LogP) is 3.16. The summed E-state index contributed by atoms with van der Waals surface area (Å²) in [6.07, 6.45) is 2.50. The standard InChI is InChI=1S/C19H23ClN2O4/c1-26-12-2-3-15-13(10-12)17(14(20)11-22-15)16(23)4-5-19(18(24)25)6-8-21-9-7-19/h2-3,10-11,16,21,23H,4-9H2,1H3,(H,24,25)/t16-/m1/s1. The van der Waals surface area contributed by atoms with Crippen molar-refractivity contribution in [2.75, 3.05) is 20.2 Å². The molecule has 0 unspecified atom stereocenters. The largest absolute Gasteiger partial charge is 0.497 e. The molecule has 26 heavy (non-hydrogen) atoms. The number of carboxylic acid groups (broad SMARTS) is 1. The van der Waals surface area contributed by atoms with E-state index in [2.05, 4.69) is 10.3 Å². The van der Waals surface area contributed by atoms with Gasteiger partial charge in [-0.05, 0) is 57.0 Å². The van der Waals surface area contributed by atoms with Crippen LogP contribution >= 0.6 is 11.6 Å². The molecule has 1 aromatic heterocycles. The zero-order valence-corrected chi connectivity index (χ0v) is 15.4. The van der Waals surface area contributed by atoms with Crippen molar-refractivity contribution in [2.24, 2.45) is 5.41 Å². The van der Waals surface area contributed by atoms with Crippen molar-refractivity contribution in [2.45, 2.75) is 31.8 Å². The highest BCUT2D eigenvalue weighted by atomic mass is 35.5. The summed E-state index contributed by atoms with van der Waals surface area (Å²) in [7, 11) is 1.57. The van der Waals surface area contributed by atoms with Crippen LogP contribution in [0, 0.1) is 5.41 Å². The number of piperidine rings is 1. The van der Waals surface area contributed by atoms with Crippen LogP contribution in [0.4, 0.5) is 0 Å². The lowest BCUT2D eigenvalue weighted by molar-refractivity contribution is -0.151. The normalized spacial score (nSPS) is 17.8. The molecule has 1 aromatic carbocycles. The fraction of sp³-hybridized carbons (Fsp3) is 0.474. The van der Waals surface area contributed by atoms with Gasteiger partial charge in [0, 0.05) is 17.1 Å². The number of methoxy groups -OCH3 is 1. The minimum atomic E-state index is -0.869. The molecule has 0 bridgehead atoms. The molecular weight excluding hydrogens is 356 g/mol. The highest BCUT2D eigenvalue weighted by molar-refractivity contribution is 6.32. The van der Waals surface area contributed by atoms with Crippen LogP contribution in [-0.4, -0.2) is 41.4 Å². The number of aromatic nitrogens is 1. The molecular formula is C19H23ClN2O4. The quantitative estimate of drug-likeness (QED) is 0.715. The number of halogens is 1. The lowest BCUT2D eigenvalue weighted by Crippen LogP contribution is -2.42. The summed E-state index contributed by atoms with van der Waals surface area (Å²) in [5.41, 5.74) is 0.489. The number of aliphatic carboxylic acids is 1. The number of nitrogens with one attached hydrogen (secondary N) is 1. The van der Waals surface area contributed by atoms with E-state index in [0.29, 0.717) is 60.6 Å². The van der Waals surface area contributed by atoms with Gasteiger partial charge in [-0.3, -0.25) is 9.78 Å². The van der Waals surface area contributed by atoms with E-state index in [-0.39, 0.29) is 0 Å². The fourth-order valence-electron chi connectivity index (χ4n) is 3.67. The third-order valence-corrected chi connectivity index (χ3v) is 5.61. The summed E-state index contributed by atoms with van der Waals surface area (Å²) >= 11 is 6.32. The van der Waals surface area contributed by atoms with Gasteiger partial charge in [-0.25, -0.2) is 0 Å². The Balaban J connectivity index is 1.88. The molecule has 1 saturated heterocycles. The molecule has 2 aromatic rings. The van der Waals surface area contributed by atoms with Gasteiger partial charge in [-0.2, -0.15) is 0 Å². The van der Waals surface area contributed by atoms with Gasteiger partial charge in [0.05, 0.1) is 29.2 Å². The Morgan fingerprint density at radius 2 is 2.15 bits per heavy atom. The maximum Gasteiger partial charge on any atom is 0.309 e. The van der Waals surface area contributed by atoms with Crippen molar-refractivity contribution in [3.05, 3.63) is 35.0 Å². The molecule has 0 amide bonds. The van der Waals surface area contributed by atoms with Crippen LogP contribution in [-0.2, 0) is 4.79 Å². The molecule has 1 fully saturated rings. The molecule has 0 saturated carbocycles. The molecule has 0 aliphatic carbocycles. The first-order valence-electron chi connectivity index (χ1n) is 8.71. The smallest absolute Gasteiger partial charge is 0.309 e. The van der Waals surface area contributed by atoms with Gasteiger partial charge in [0.1, 0.15) is 5.75 Å². The second kappa shape index (κ2) is 7.78. The molecule has 6 nitrogen and oxygen atoms in total. The zero-order valence-electron chi connectivity index (χ0n) is 14.7. The van der Waals surface area contributed by atoms with Gasteiger partial charge in [-0.1, -0.05) is 11.6 Å². The second-order valence-electron chi connectivity index (χ2n) is 6.79. The Bertz CT molecular complexity index is 805. The minimum Gasteiger partial charge on any atom is -0.497 e. The van der Waals surface area contributed by atoms with Crippen molar-refractivity contribution in [3.8, 4) is 5.75 Å². The molecule has 1 aliphatic rings. The van der Waals surface area contributed by atoms with E-state index in [4.69, 9.17) is 16.3 Å². The molecule has 7 heteroatoms. The number of pyridine rings is 1. The van der Waals surface area contributed by atoms with Crippen LogP contribution in [0.5, 0.6) is 5.75 Å². The van der Waals surface area contributed by atoms with E-state index >= 15 is 0 Å². The predicted molar refractivity (Wildman–Crippen MR) is 99.7 cm³/mol. The van der Waals surface area contributed by atoms with Crippen LogP contribution in [0.2, 0.25) is 5.02 Å². The maximum atomic E-state index is 11.8. The van der Waals surface area contributed by atoms with Crippen molar-refractivity contribution in [1.82, 2.24) is 10.3 Å². The van der Waals surface area contributed by atoms with Gasteiger partial charge in [0.2, 0.25) is 0 Å². The summed E-state index contributed by atoms with van der Waals surface area (Å²) in [5, 5.41) is 24.8. The number of fused-ring (bicyclic) bond motifs is 1. The Labute approximate surface area is 157 Å². The fourth-order valence-corrected chi connectivity index (χ4v) is 3.94. The van der Waals surface area contributed by atoms with Crippen LogP contribution in [0.3, 0.4) is 0 Å². The van der Waals surface area contributed by atoms with Crippen LogP contribution in [0.25, 0.3) is 10.9 Å². The number of carbonyl (C=O) groups is 1. The van der Waals surface area contributed by atoms with E-state index < -0.39 is 17.5 Å². The number of benzene rings is 1. The van der Waals surface area contributed by atoms with E-state index in [0.717, 1.165) is 5.39 Å². The average molecular weight is 379 g/mol. The number of carboxylic acids is 1. The Kier molecular flexibility index (Phi) is 5.65. The summed E-state index contributed by atoms with van der Waals surface area (Å²) in [6, 6.07) is 5.41. The van der Waals surface area contributed by atoms with Gasteiger partial charge < -0.3 is 20.3 Å². The SMILES string of the molecule is COc1ccc2ncc(Cl)c([C@H](O)CCC3(C(=O)O)CCNCC3)c2c1. The van der Waals surface area contributed by atoms with Gasteiger partial charge in [0.25, 0.3) is 0 Å². The summed E-state index contributed by atoms with van der Waals surface area (Å²) < 4.78 is 5.26. The first kappa shape index (κ1) is 18.9. The summed E-state index contributed by atoms with van der Waals surface area (Å²) in [5.74, 6) is -0.145. The monoisotopic (exact) mass is 378 g/mol. The number of rotatable bonds is 6. The number of nitrogens with zero attached hydrogens (tertiary/aromatic N) is 1. The zero-order chi connectivity index (χ0) is 18.7. The second-order valence-corrected chi connectivity index (χ2v) is 7.20. The molecule has 140 valence electrons. The molecule has 0 radical (unpaired) electrons. The van der Waals surface area contributed by atoms with Gasteiger partial charge in [0.15, 0.2) is 0 Å². The van der Waals surface area contributed by atoms with E-state index in [1.54, 1.807) is 19.2 Å². The topological polar surface area (TPSA) is 91.7 Å². The van der Waals surface area contributed by atoms with Crippen molar-refractivity contribution < 1.29 is 19.7 Å². The molecule has 1 atom stereocenters. The Morgan fingerprint density at radius 3 is 2.81 bits per heavy atom. The number of ether oxygens (including phenoxy) is 1. The molecule has 0 spiro atoms. The first-order valence-corrected chi connectivity index (χ1v) is 9.09. The molecule has 3 N–H and O–H groups in total. The van der Waals surface area contributed by atoms with E-state index in [1.807, 2.05) is 6.07 Å². The third-order valence-electron chi connectivity index (χ3n) is 5.31. The van der Waals surface area contributed by atoms with Gasteiger partial charge >= 0.3 is 5.97 Å². The highest BCUT2D eigenvalue weighted by Gasteiger charge is 2.39. The number of hydrogen-bond donors (Lipinski definition) is 3. The van der Waals surface area contributed by atoms with E-state index in [9.17, 15) is 15.0 Å². The molecule has 1 aliphatic heterocycles. The highest BCUT2D eigenvalue weighted by Crippen LogP contribution is 2.39. The van der Waals surface area contributed by atoms with Crippen LogP contribution in [0.15, 0.2) is 24.4 Å². The van der Waals surface area contributed by atoms with Crippen LogP contribution in [0.1, 0.15) is 37.4 Å². The van der Waals surface area contributed by atoms with Crippen molar-refractivity contribution in [3.63, 3.8) is 0 Å². The van der Waals surface area contributed by atoms with E-state index in [1.165, 1.54) is 6.20 Å². The third kappa shape index (κ3) is 3.63. The summed E-state index contributed by atoms with van der Waals surface area (Å²) in [6.45, 7) is 1.36. The number of aliphatic hydroxyl groups excluding tert-OH is 1. The van der Waals surface area contributed by atoms with Crippen molar-refractivity contribution >= 4 is 28.5 Å². The molecule has 3 rings (SSSR count).